The molecule has 2 aromatic rings. The second-order valence-corrected chi connectivity index (χ2v) is 9.46. The van der Waals surface area contributed by atoms with E-state index in [1.165, 1.54) is 5.01 Å². The zero-order valence-electron chi connectivity index (χ0n) is 18.7. The molecule has 170 valence electrons. The number of amides is 1. The van der Waals surface area contributed by atoms with Gasteiger partial charge in [0.15, 0.2) is 6.29 Å². The number of benzene rings is 2. The van der Waals surface area contributed by atoms with Gasteiger partial charge in [0.05, 0.1) is 18.4 Å². The van der Waals surface area contributed by atoms with Crippen molar-refractivity contribution >= 4 is 23.4 Å². The molecule has 4 rings (SSSR count). The molecule has 0 aliphatic carbocycles. The van der Waals surface area contributed by atoms with Gasteiger partial charge in [0.2, 0.25) is 0 Å². The molecule has 2 aliphatic rings. The molecule has 6 nitrogen and oxygen atoms in total. The van der Waals surface area contributed by atoms with Crippen molar-refractivity contribution < 1.29 is 19.0 Å². The highest BCUT2D eigenvalue weighted by molar-refractivity contribution is 6.31. The molecular formula is C25H29ClN2O4. The quantitative estimate of drug-likeness (QED) is 0.539. The number of ether oxygens (including phenoxy) is 3. The van der Waals surface area contributed by atoms with Gasteiger partial charge >= 0.3 is 6.09 Å². The number of hydrogen-bond donors (Lipinski definition) is 0. The molecule has 2 atom stereocenters. The maximum absolute atomic E-state index is 12.9. The summed E-state index contributed by atoms with van der Waals surface area (Å²) in [7, 11) is 0. The van der Waals surface area contributed by atoms with Crippen LogP contribution in [0, 0.1) is 0 Å². The molecule has 0 N–H and O–H groups in total. The molecule has 0 saturated carbocycles. The first-order valence-corrected chi connectivity index (χ1v) is 11.4. The molecule has 2 aromatic carbocycles. The number of halogens is 1. The lowest BCUT2D eigenvalue weighted by Gasteiger charge is -2.26. The minimum atomic E-state index is -0.624. The summed E-state index contributed by atoms with van der Waals surface area (Å²) in [5.41, 5.74) is 1.93. The van der Waals surface area contributed by atoms with E-state index in [-0.39, 0.29) is 12.3 Å². The van der Waals surface area contributed by atoms with Gasteiger partial charge in [-0.05, 0) is 75.1 Å². The van der Waals surface area contributed by atoms with Crippen LogP contribution in [0.25, 0.3) is 0 Å². The van der Waals surface area contributed by atoms with Crippen LogP contribution < -0.4 is 4.74 Å². The van der Waals surface area contributed by atoms with Crippen molar-refractivity contribution in [3.05, 3.63) is 64.7 Å². The fourth-order valence-electron chi connectivity index (χ4n) is 3.83. The first kappa shape index (κ1) is 22.6. The van der Waals surface area contributed by atoms with Gasteiger partial charge in [0.1, 0.15) is 11.4 Å². The van der Waals surface area contributed by atoms with Crippen molar-refractivity contribution in [2.75, 3.05) is 6.61 Å². The Morgan fingerprint density at radius 3 is 2.53 bits per heavy atom. The second kappa shape index (κ2) is 9.51. The smallest absolute Gasteiger partial charge is 0.431 e. The Labute approximate surface area is 194 Å². The third-order valence-electron chi connectivity index (χ3n) is 5.35. The molecule has 2 heterocycles. The number of carbonyl (C=O) groups is 1. The number of rotatable bonds is 4. The van der Waals surface area contributed by atoms with Gasteiger partial charge in [0, 0.05) is 17.9 Å². The SMILES string of the molecule is CC(C)(C)OC(=O)N1N=C(c2ccc(OC3CCCCO3)cc2)C[C@H]1c1ccccc1Cl. The van der Waals surface area contributed by atoms with Crippen LogP contribution in [0.2, 0.25) is 5.02 Å². The fraction of sp³-hybridized carbons (Fsp3) is 0.440. The van der Waals surface area contributed by atoms with Crippen LogP contribution in [0.3, 0.4) is 0 Å². The fourth-order valence-corrected chi connectivity index (χ4v) is 4.09. The molecule has 0 spiro atoms. The third kappa shape index (κ3) is 5.43. The van der Waals surface area contributed by atoms with Gasteiger partial charge in [-0.3, -0.25) is 0 Å². The number of carbonyl (C=O) groups excluding carboxylic acids is 1. The monoisotopic (exact) mass is 456 g/mol. The highest BCUT2D eigenvalue weighted by Crippen LogP contribution is 2.37. The molecule has 0 radical (unpaired) electrons. The van der Waals surface area contributed by atoms with Crippen LogP contribution in [-0.2, 0) is 9.47 Å². The van der Waals surface area contributed by atoms with Gasteiger partial charge in [0.25, 0.3) is 0 Å². The van der Waals surface area contributed by atoms with E-state index in [1.54, 1.807) is 0 Å². The molecule has 0 bridgehead atoms. The molecule has 1 fully saturated rings. The van der Waals surface area contributed by atoms with Crippen molar-refractivity contribution in [1.82, 2.24) is 5.01 Å². The normalized spacial score (nSPS) is 21.2. The highest BCUT2D eigenvalue weighted by Gasteiger charge is 2.36. The minimum absolute atomic E-state index is 0.189. The van der Waals surface area contributed by atoms with E-state index >= 15 is 0 Å². The van der Waals surface area contributed by atoms with Gasteiger partial charge in [-0.1, -0.05) is 29.8 Å². The van der Waals surface area contributed by atoms with E-state index in [9.17, 15) is 4.79 Å². The molecule has 1 unspecified atom stereocenters. The summed E-state index contributed by atoms with van der Waals surface area (Å²) >= 11 is 6.46. The number of hydrogen-bond acceptors (Lipinski definition) is 5. The standard InChI is InChI=1S/C25H29ClN2O4/c1-25(2,3)32-24(29)28-22(19-8-4-5-9-20(19)26)16-21(27-28)17-11-13-18(14-12-17)31-23-10-6-7-15-30-23/h4-5,8-9,11-14,22-23H,6-7,10,15-16H2,1-3H3/t22-,23?/m0/s1. The van der Waals surface area contributed by atoms with Crippen molar-refractivity contribution in [2.24, 2.45) is 5.10 Å². The number of nitrogens with zero attached hydrogens (tertiary/aromatic N) is 2. The first-order chi connectivity index (χ1) is 15.3. The van der Waals surface area contributed by atoms with Crippen LogP contribution in [0.5, 0.6) is 5.75 Å². The average molecular weight is 457 g/mol. The zero-order chi connectivity index (χ0) is 22.7. The van der Waals surface area contributed by atoms with Crippen molar-refractivity contribution in [2.45, 2.75) is 64.4 Å². The predicted molar refractivity (Wildman–Crippen MR) is 124 cm³/mol. The second-order valence-electron chi connectivity index (χ2n) is 9.05. The largest absolute Gasteiger partial charge is 0.465 e. The maximum atomic E-state index is 12.9. The summed E-state index contributed by atoms with van der Waals surface area (Å²) in [6, 6.07) is 14.9. The minimum Gasteiger partial charge on any atom is -0.465 e. The van der Waals surface area contributed by atoms with E-state index < -0.39 is 11.7 Å². The van der Waals surface area contributed by atoms with E-state index in [2.05, 4.69) is 5.10 Å². The van der Waals surface area contributed by atoms with Gasteiger partial charge in [-0.25, -0.2) is 4.79 Å². The van der Waals surface area contributed by atoms with Crippen LogP contribution >= 0.6 is 11.6 Å². The first-order valence-electron chi connectivity index (χ1n) is 11.0. The van der Waals surface area contributed by atoms with Crippen molar-refractivity contribution in [1.29, 1.82) is 0 Å². The van der Waals surface area contributed by atoms with Crippen LogP contribution in [0.4, 0.5) is 4.79 Å². The molecule has 1 amide bonds. The summed E-state index contributed by atoms with van der Waals surface area (Å²) < 4.78 is 17.2. The Hall–Kier alpha value is -2.57. The number of hydrazone groups is 1. The summed E-state index contributed by atoms with van der Waals surface area (Å²) in [6.45, 7) is 6.25. The highest BCUT2D eigenvalue weighted by atomic mass is 35.5. The Kier molecular flexibility index (Phi) is 6.72. The summed E-state index contributed by atoms with van der Waals surface area (Å²) in [6.07, 6.45) is 2.95. The Bertz CT molecular complexity index is 978. The lowest BCUT2D eigenvalue weighted by atomic mass is 9.98. The zero-order valence-corrected chi connectivity index (χ0v) is 19.5. The molecule has 32 heavy (non-hydrogen) atoms. The molecular weight excluding hydrogens is 428 g/mol. The Morgan fingerprint density at radius 1 is 1.12 bits per heavy atom. The Morgan fingerprint density at radius 2 is 1.88 bits per heavy atom. The third-order valence-corrected chi connectivity index (χ3v) is 5.69. The van der Waals surface area contributed by atoms with Gasteiger partial charge in [-0.15, -0.1) is 0 Å². The maximum Gasteiger partial charge on any atom is 0.431 e. The summed E-state index contributed by atoms with van der Waals surface area (Å²) in [5, 5.41) is 6.64. The molecule has 1 saturated heterocycles. The Balaban J connectivity index is 1.55. The van der Waals surface area contributed by atoms with E-state index in [0.29, 0.717) is 11.4 Å². The van der Waals surface area contributed by atoms with E-state index in [4.69, 9.17) is 25.8 Å². The molecule has 2 aliphatic heterocycles. The summed E-state index contributed by atoms with van der Waals surface area (Å²) in [4.78, 5) is 12.9. The topological polar surface area (TPSA) is 60.4 Å². The average Bonchev–Trinajstić information content (AvgIpc) is 3.20. The van der Waals surface area contributed by atoms with Gasteiger partial charge < -0.3 is 14.2 Å². The summed E-state index contributed by atoms with van der Waals surface area (Å²) in [5.74, 6) is 0.755. The van der Waals surface area contributed by atoms with E-state index in [1.807, 2.05) is 69.3 Å². The predicted octanol–water partition coefficient (Wildman–Crippen LogP) is 6.33. The van der Waals surface area contributed by atoms with E-state index in [0.717, 1.165) is 48.5 Å². The van der Waals surface area contributed by atoms with Crippen molar-refractivity contribution in [3.63, 3.8) is 0 Å². The van der Waals surface area contributed by atoms with Crippen LogP contribution in [0.1, 0.15) is 63.6 Å². The lowest BCUT2D eigenvalue weighted by molar-refractivity contribution is -0.105. The van der Waals surface area contributed by atoms with Crippen LogP contribution in [-0.4, -0.2) is 35.3 Å². The van der Waals surface area contributed by atoms with Gasteiger partial charge in [-0.2, -0.15) is 10.1 Å². The van der Waals surface area contributed by atoms with Crippen LogP contribution in [0.15, 0.2) is 53.6 Å². The lowest BCUT2D eigenvalue weighted by Crippen LogP contribution is -2.34. The van der Waals surface area contributed by atoms with Crippen molar-refractivity contribution in [3.8, 4) is 5.75 Å². The molecule has 7 heteroatoms. The molecule has 0 aromatic heterocycles.